The van der Waals surface area contributed by atoms with Gasteiger partial charge in [0.05, 0.1) is 0 Å². The third-order valence-corrected chi connectivity index (χ3v) is 10.9. The molecule has 0 bridgehead atoms. The molecule has 2 saturated carbocycles. The molecule has 2 fully saturated rings. The van der Waals surface area contributed by atoms with Crippen LogP contribution >= 0.6 is 0 Å². The van der Waals surface area contributed by atoms with Gasteiger partial charge in [-0.05, 0) is 152 Å². The van der Waals surface area contributed by atoms with Crippen LogP contribution < -0.4 is 0 Å². The number of carbonyl (C=O) groups is 2. The number of ether oxygens (including phenoxy) is 2. The summed E-state index contributed by atoms with van der Waals surface area (Å²) in [5.74, 6) is 0.130. The third kappa shape index (κ3) is 15.4. The molecule has 0 unspecified atom stereocenters. The Hall–Kier alpha value is -2.62. The van der Waals surface area contributed by atoms with E-state index in [1.165, 1.54) is 84.8 Å². The molecule has 2 atom stereocenters. The van der Waals surface area contributed by atoms with Crippen molar-refractivity contribution in [3.63, 3.8) is 0 Å². The molecule has 0 aromatic heterocycles. The van der Waals surface area contributed by atoms with Crippen molar-refractivity contribution in [3.8, 4) is 0 Å². The molecule has 0 aromatic rings. The number of hydrogen-bond donors (Lipinski definition) is 0. The summed E-state index contributed by atoms with van der Waals surface area (Å²) in [6.07, 6.45) is 24.1. The zero-order valence-electron chi connectivity index (χ0n) is 31.5. The molecule has 264 valence electrons. The molecule has 0 N–H and O–H groups in total. The Morgan fingerprint density at radius 2 is 1.00 bits per heavy atom. The molecular formula is C43H68O4. The van der Waals surface area contributed by atoms with Crippen molar-refractivity contribution in [2.24, 2.45) is 22.7 Å². The van der Waals surface area contributed by atoms with Crippen LogP contribution in [0.25, 0.3) is 0 Å². The van der Waals surface area contributed by atoms with E-state index in [4.69, 9.17) is 9.47 Å². The standard InChI is InChI=1S/C43H68O4/c1-32(21-23-38-36(5)19-13-27-42(38,7)8)15-11-17-34(3)25-29-46-40(44)31-41(45)47-30-26-35(4)18-12-16-33(2)22-24-39-37(6)20-14-28-43(39,9)10/h15-16,25-26,38-39H,5-6,11-14,17-24,27-31H2,1-4,7-10H3/b32-15+,33-16+,34-25+,35-26+/t38-,39-/m1/s1. The van der Waals surface area contributed by atoms with Crippen molar-refractivity contribution in [2.75, 3.05) is 13.2 Å². The lowest BCUT2D eigenvalue weighted by Crippen LogP contribution is -2.29. The fraction of sp³-hybridized carbons (Fsp3) is 0.674. The lowest BCUT2D eigenvalue weighted by molar-refractivity contribution is -0.153. The smallest absolute Gasteiger partial charge is 0.317 e. The van der Waals surface area contributed by atoms with Gasteiger partial charge in [0.2, 0.25) is 0 Å². The summed E-state index contributed by atoms with van der Waals surface area (Å²) in [7, 11) is 0. The highest BCUT2D eigenvalue weighted by Gasteiger charge is 2.34. The van der Waals surface area contributed by atoms with Gasteiger partial charge in [-0.15, -0.1) is 0 Å². The quantitative estimate of drug-likeness (QED) is 0.0843. The van der Waals surface area contributed by atoms with Crippen molar-refractivity contribution in [2.45, 2.75) is 152 Å². The van der Waals surface area contributed by atoms with E-state index >= 15 is 0 Å². The summed E-state index contributed by atoms with van der Waals surface area (Å²) in [6, 6.07) is 0. The minimum absolute atomic E-state index is 0.179. The summed E-state index contributed by atoms with van der Waals surface area (Å²) >= 11 is 0. The molecule has 0 spiro atoms. The van der Waals surface area contributed by atoms with E-state index in [0.717, 1.165) is 38.5 Å². The Morgan fingerprint density at radius 3 is 1.36 bits per heavy atom. The lowest BCUT2D eigenvalue weighted by Gasteiger charge is -2.40. The Bertz CT molecular complexity index is 1100. The summed E-state index contributed by atoms with van der Waals surface area (Å²) in [5.41, 5.74) is 8.81. The van der Waals surface area contributed by atoms with Crippen molar-refractivity contribution in [3.05, 3.63) is 70.9 Å². The maximum absolute atomic E-state index is 12.1. The highest BCUT2D eigenvalue weighted by atomic mass is 16.6. The molecule has 0 amide bonds. The number of rotatable bonds is 18. The molecule has 0 saturated heterocycles. The van der Waals surface area contributed by atoms with Crippen molar-refractivity contribution >= 4 is 11.9 Å². The van der Waals surface area contributed by atoms with E-state index in [2.05, 4.69) is 80.7 Å². The Kier molecular flexibility index (Phi) is 17.3. The summed E-state index contributed by atoms with van der Waals surface area (Å²) < 4.78 is 10.5. The molecule has 0 radical (unpaired) electrons. The van der Waals surface area contributed by atoms with Crippen LogP contribution in [0.2, 0.25) is 0 Å². The zero-order valence-corrected chi connectivity index (χ0v) is 31.5. The van der Waals surface area contributed by atoms with Gasteiger partial charge in [-0.2, -0.15) is 0 Å². The summed E-state index contributed by atoms with van der Waals surface area (Å²) in [4.78, 5) is 24.2. The molecule has 0 aromatic carbocycles. The van der Waals surface area contributed by atoms with Crippen molar-refractivity contribution in [1.82, 2.24) is 0 Å². The van der Waals surface area contributed by atoms with Gasteiger partial charge >= 0.3 is 11.9 Å². The second-order valence-electron chi connectivity index (χ2n) is 16.0. The molecule has 2 aliphatic rings. The van der Waals surface area contributed by atoms with Gasteiger partial charge < -0.3 is 9.47 Å². The van der Waals surface area contributed by atoms with Gasteiger partial charge in [0.1, 0.15) is 19.6 Å². The summed E-state index contributed by atoms with van der Waals surface area (Å²) in [5, 5.41) is 0. The minimum Gasteiger partial charge on any atom is -0.461 e. The van der Waals surface area contributed by atoms with Crippen LogP contribution in [0, 0.1) is 22.7 Å². The van der Waals surface area contributed by atoms with Gasteiger partial charge in [0.15, 0.2) is 0 Å². The molecule has 47 heavy (non-hydrogen) atoms. The molecule has 2 rings (SSSR count). The first-order chi connectivity index (χ1) is 22.1. The maximum Gasteiger partial charge on any atom is 0.317 e. The van der Waals surface area contributed by atoms with E-state index in [0.29, 0.717) is 22.7 Å². The SMILES string of the molecule is C=C1CCCC(C)(C)[C@@H]1CC/C(C)=C/CC/C(C)=C/COC(=O)CC(=O)OC/C=C(\C)CC/C=C(\C)CC[C@@H]1C(=C)CCCC1(C)C. The number of esters is 2. The first kappa shape index (κ1) is 40.6. The van der Waals surface area contributed by atoms with Gasteiger partial charge in [0.25, 0.3) is 0 Å². The van der Waals surface area contributed by atoms with Gasteiger partial charge in [0, 0.05) is 0 Å². The summed E-state index contributed by atoms with van der Waals surface area (Å²) in [6.45, 7) is 27.2. The van der Waals surface area contributed by atoms with E-state index in [1.54, 1.807) is 0 Å². The molecule has 4 heteroatoms. The largest absolute Gasteiger partial charge is 0.461 e. The van der Waals surface area contributed by atoms with Crippen LogP contribution in [0.15, 0.2) is 70.9 Å². The highest BCUT2D eigenvalue weighted by molar-refractivity contribution is 5.91. The van der Waals surface area contributed by atoms with Crippen LogP contribution in [0.5, 0.6) is 0 Å². The van der Waals surface area contributed by atoms with Gasteiger partial charge in [-0.1, -0.05) is 86.4 Å². The van der Waals surface area contributed by atoms with E-state index in [1.807, 2.05) is 12.2 Å². The maximum atomic E-state index is 12.1. The molecule has 0 heterocycles. The lowest BCUT2D eigenvalue weighted by atomic mass is 9.65. The highest BCUT2D eigenvalue weighted by Crippen LogP contribution is 2.46. The molecule has 2 aliphatic carbocycles. The first-order valence-electron chi connectivity index (χ1n) is 18.4. The fourth-order valence-electron chi connectivity index (χ4n) is 7.55. The molecular weight excluding hydrogens is 580 g/mol. The number of hydrogen-bond acceptors (Lipinski definition) is 4. The number of allylic oxidation sites excluding steroid dienone is 8. The Labute approximate surface area is 288 Å². The van der Waals surface area contributed by atoms with Crippen LogP contribution in [0.4, 0.5) is 0 Å². The van der Waals surface area contributed by atoms with Crippen LogP contribution in [0.3, 0.4) is 0 Å². The molecule has 4 nitrogen and oxygen atoms in total. The fourth-order valence-corrected chi connectivity index (χ4v) is 7.55. The monoisotopic (exact) mass is 649 g/mol. The van der Waals surface area contributed by atoms with Crippen LogP contribution in [0.1, 0.15) is 152 Å². The predicted octanol–water partition coefficient (Wildman–Crippen LogP) is 12.1. The van der Waals surface area contributed by atoms with E-state index in [9.17, 15) is 9.59 Å². The Balaban J connectivity index is 1.58. The average molecular weight is 649 g/mol. The predicted molar refractivity (Wildman–Crippen MR) is 199 cm³/mol. The van der Waals surface area contributed by atoms with Crippen molar-refractivity contribution in [1.29, 1.82) is 0 Å². The van der Waals surface area contributed by atoms with Gasteiger partial charge in [-0.3, -0.25) is 9.59 Å². The van der Waals surface area contributed by atoms with Crippen LogP contribution in [-0.4, -0.2) is 25.2 Å². The van der Waals surface area contributed by atoms with Crippen molar-refractivity contribution < 1.29 is 19.1 Å². The normalized spacial score (nSPS) is 22.3. The second kappa shape index (κ2) is 20.0. The topological polar surface area (TPSA) is 52.6 Å². The van der Waals surface area contributed by atoms with Gasteiger partial charge in [-0.25, -0.2) is 0 Å². The zero-order chi connectivity index (χ0) is 35.0. The first-order valence-corrected chi connectivity index (χ1v) is 18.4. The average Bonchev–Trinajstić information content (AvgIpc) is 2.96. The van der Waals surface area contributed by atoms with Crippen LogP contribution in [-0.2, 0) is 19.1 Å². The second-order valence-corrected chi connectivity index (χ2v) is 16.0. The van der Waals surface area contributed by atoms with E-state index < -0.39 is 11.9 Å². The third-order valence-electron chi connectivity index (χ3n) is 10.9. The Morgan fingerprint density at radius 1 is 0.638 bits per heavy atom. The number of carbonyl (C=O) groups excluding carboxylic acids is 2. The van der Waals surface area contributed by atoms with E-state index in [-0.39, 0.29) is 19.6 Å². The molecule has 0 aliphatic heterocycles. The minimum atomic E-state index is -0.552.